The monoisotopic (exact) mass is 223 g/mol. The molecule has 0 aliphatic heterocycles. The van der Waals surface area contributed by atoms with Crippen LogP contribution in [-0.4, -0.2) is 26.6 Å². The molecule has 0 atom stereocenters. The van der Waals surface area contributed by atoms with Gasteiger partial charge in [-0.3, -0.25) is 4.79 Å². The number of rotatable bonds is 7. The molecule has 5 heteroatoms. The molecular formula is C11H17N3O2. The first-order valence-corrected chi connectivity index (χ1v) is 5.46. The van der Waals surface area contributed by atoms with E-state index in [0.717, 1.165) is 25.0 Å². The molecule has 0 bridgehead atoms. The van der Waals surface area contributed by atoms with Gasteiger partial charge in [-0.25, -0.2) is 4.68 Å². The van der Waals surface area contributed by atoms with E-state index in [9.17, 15) is 9.59 Å². The standard InChI is InChI=1S/C11H17N3O2/c1-9(15)5-3-4-6-11-8-14(13-12-11)7-10(2)16/h8H,3-7H2,1-2H3. The molecule has 0 aliphatic rings. The van der Waals surface area contributed by atoms with Crippen LogP contribution >= 0.6 is 0 Å². The zero-order chi connectivity index (χ0) is 12.0. The highest BCUT2D eigenvalue weighted by Crippen LogP contribution is 2.03. The van der Waals surface area contributed by atoms with Crippen LogP contribution < -0.4 is 0 Å². The maximum Gasteiger partial charge on any atom is 0.151 e. The van der Waals surface area contributed by atoms with E-state index in [1.165, 1.54) is 6.92 Å². The van der Waals surface area contributed by atoms with Crippen molar-refractivity contribution < 1.29 is 9.59 Å². The fourth-order valence-corrected chi connectivity index (χ4v) is 1.44. The maximum atomic E-state index is 10.8. The van der Waals surface area contributed by atoms with Crippen molar-refractivity contribution in [3.05, 3.63) is 11.9 Å². The van der Waals surface area contributed by atoms with Crippen molar-refractivity contribution in [2.75, 3.05) is 0 Å². The number of carbonyl (C=O) groups is 2. The lowest BCUT2D eigenvalue weighted by molar-refractivity contribution is -0.118. The minimum atomic E-state index is 0.0630. The topological polar surface area (TPSA) is 64.8 Å². The number of Topliss-reactive ketones (excluding diaryl/α,β-unsaturated/α-hetero) is 2. The van der Waals surface area contributed by atoms with Crippen LogP contribution in [0.15, 0.2) is 6.20 Å². The summed E-state index contributed by atoms with van der Waals surface area (Å²) in [5, 5.41) is 7.81. The van der Waals surface area contributed by atoms with Crippen LogP contribution in [0, 0.1) is 0 Å². The minimum Gasteiger partial charge on any atom is -0.300 e. The second-order valence-corrected chi connectivity index (χ2v) is 4.02. The largest absolute Gasteiger partial charge is 0.300 e. The highest BCUT2D eigenvalue weighted by molar-refractivity contribution is 5.75. The Morgan fingerprint density at radius 2 is 2.00 bits per heavy atom. The predicted molar refractivity (Wildman–Crippen MR) is 58.9 cm³/mol. The van der Waals surface area contributed by atoms with Gasteiger partial charge in [-0.15, -0.1) is 5.10 Å². The Balaban J connectivity index is 2.29. The lowest BCUT2D eigenvalue weighted by Gasteiger charge is -1.95. The molecule has 1 aromatic rings. The van der Waals surface area contributed by atoms with Crippen molar-refractivity contribution in [2.45, 2.75) is 46.1 Å². The zero-order valence-electron chi connectivity index (χ0n) is 9.77. The zero-order valence-corrected chi connectivity index (χ0v) is 9.77. The van der Waals surface area contributed by atoms with Crippen LogP contribution in [0.5, 0.6) is 0 Å². The molecule has 0 aliphatic carbocycles. The fourth-order valence-electron chi connectivity index (χ4n) is 1.44. The van der Waals surface area contributed by atoms with Gasteiger partial charge in [0.1, 0.15) is 12.3 Å². The molecular weight excluding hydrogens is 206 g/mol. The van der Waals surface area contributed by atoms with Gasteiger partial charge < -0.3 is 4.79 Å². The van der Waals surface area contributed by atoms with Gasteiger partial charge in [-0.1, -0.05) is 5.21 Å². The summed E-state index contributed by atoms with van der Waals surface area (Å²) in [5.41, 5.74) is 0.879. The van der Waals surface area contributed by atoms with Crippen molar-refractivity contribution in [3.8, 4) is 0 Å². The third kappa shape index (κ3) is 4.82. The van der Waals surface area contributed by atoms with Gasteiger partial charge in [0.25, 0.3) is 0 Å². The summed E-state index contributed by atoms with van der Waals surface area (Å²) in [6.45, 7) is 3.40. The molecule has 0 amide bonds. The molecule has 0 aromatic carbocycles. The number of nitrogens with zero attached hydrogens (tertiary/aromatic N) is 3. The van der Waals surface area contributed by atoms with Gasteiger partial charge in [-0.05, 0) is 33.1 Å². The van der Waals surface area contributed by atoms with E-state index in [1.54, 1.807) is 17.8 Å². The molecule has 0 N–H and O–H groups in total. The van der Waals surface area contributed by atoms with Crippen LogP contribution in [-0.2, 0) is 22.6 Å². The fraction of sp³-hybridized carbons (Fsp3) is 0.636. The van der Waals surface area contributed by atoms with Gasteiger partial charge in [0, 0.05) is 12.6 Å². The van der Waals surface area contributed by atoms with Gasteiger partial charge in [0.2, 0.25) is 0 Å². The SMILES string of the molecule is CC(=O)CCCCc1cn(CC(C)=O)nn1. The van der Waals surface area contributed by atoms with Crippen LogP contribution in [0.25, 0.3) is 0 Å². The first-order valence-electron chi connectivity index (χ1n) is 5.46. The summed E-state index contributed by atoms with van der Waals surface area (Å²) in [6.07, 6.45) is 5.04. The second kappa shape index (κ2) is 6.15. The van der Waals surface area contributed by atoms with Crippen LogP contribution in [0.1, 0.15) is 38.8 Å². The van der Waals surface area contributed by atoms with Gasteiger partial charge in [0.05, 0.1) is 5.69 Å². The molecule has 5 nitrogen and oxygen atoms in total. The van der Waals surface area contributed by atoms with Crippen LogP contribution in [0.3, 0.4) is 0 Å². The number of aromatic nitrogens is 3. The van der Waals surface area contributed by atoms with Gasteiger partial charge in [-0.2, -0.15) is 0 Å². The average Bonchev–Trinajstić information content (AvgIpc) is 2.59. The molecule has 0 saturated heterocycles. The van der Waals surface area contributed by atoms with E-state index in [2.05, 4.69) is 10.3 Å². The number of unbranched alkanes of at least 4 members (excludes halogenated alkanes) is 1. The number of aryl methyl sites for hydroxylation is 1. The minimum absolute atomic E-state index is 0.0630. The summed E-state index contributed by atoms with van der Waals surface area (Å²) in [7, 11) is 0. The number of ketones is 2. The third-order valence-electron chi connectivity index (χ3n) is 2.18. The lowest BCUT2D eigenvalue weighted by atomic mass is 10.1. The Labute approximate surface area is 94.8 Å². The third-order valence-corrected chi connectivity index (χ3v) is 2.18. The number of hydrogen-bond acceptors (Lipinski definition) is 4. The summed E-state index contributed by atoms with van der Waals surface area (Å²) in [6, 6.07) is 0. The highest BCUT2D eigenvalue weighted by Gasteiger charge is 2.02. The van der Waals surface area contributed by atoms with E-state index in [0.29, 0.717) is 6.42 Å². The molecule has 1 rings (SSSR count). The molecule has 0 fully saturated rings. The van der Waals surface area contributed by atoms with E-state index >= 15 is 0 Å². The summed E-state index contributed by atoms with van der Waals surface area (Å²) in [5.74, 6) is 0.285. The lowest BCUT2D eigenvalue weighted by Crippen LogP contribution is -2.06. The van der Waals surface area contributed by atoms with Crippen molar-refractivity contribution >= 4 is 11.6 Å². The Hall–Kier alpha value is -1.52. The number of carbonyl (C=O) groups excluding carboxylic acids is 2. The average molecular weight is 223 g/mol. The van der Waals surface area contributed by atoms with E-state index in [-0.39, 0.29) is 18.1 Å². The predicted octanol–water partition coefficient (Wildman–Crippen LogP) is 1.17. The smallest absolute Gasteiger partial charge is 0.151 e. The van der Waals surface area contributed by atoms with E-state index < -0.39 is 0 Å². The van der Waals surface area contributed by atoms with Gasteiger partial charge in [0.15, 0.2) is 5.78 Å². The molecule has 0 unspecified atom stereocenters. The van der Waals surface area contributed by atoms with Crippen LogP contribution in [0.4, 0.5) is 0 Å². The quantitative estimate of drug-likeness (QED) is 0.651. The summed E-state index contributed by atoms with van der Waals surface area (Å²) < 4.78 is 1.54. The Morgan fingerprint density at radius 3 is 2.62 bits per heavy atom. The normalized spacial score (nSPS) is 10.4. The first kappa shape index (κ1) is 12.5. The van der Waals surface area contributed by atoms with Crippen molar-refractivity contribution in [2.24, 2.45) is 0 Å². The first-order chi connectivity index (χ1) is 7.58. The molecule has 16 heavy (non-hydrogen) atoms. The molecule has 1 aromatic heterocycles. The summed E-state index contributed by atoms with van der Waals surface area (Å²) in [4.78, 5) is 21.5. The Bertz CT molecular complexity index is 371. The van der Waals surface area contributed by atoms with Crippen LogP contribution in [0.2, 0.25) is 0 Å². The van der Waals surface area contributed by atoms with Gasteiger partial charge >= 0.3 is 0 Å². The van der Waals surface area contributed by atoms with E-state index in [4.69, 9.17) is 0 Å². The molecule has 1 heterocycles. The Kier molecular flexibility index (Phi) is 4.82. The van der Waals surface area contributed by atoms with Crippen molar-refractivity contribution in [1.82, 2.24) is 15.0 Å². The molecule has 0 spiro atoms. The second-order valence-electron chi connectivity index (χ2n) is 4.02. The van der Waals surface area contributed by atoms with Crippen molar-refractivity contribution in [1.29, 1.82) is 0 Å². The Morgan fingerprint density at radius 1 is 1.25 bits per heavy atom. The highest BCUT2D eigenvalue weighted by atomic mass is 16.1. The van der Waals surface area contributed by atoms with E-state index in [1.807, 2.05) is 0 Å². The molecule has 0 radical (unpaired) electrons. The molecule has 0 saturated carbocycles. The molecule has 88 valence electrons. The number of hydrogen-bond donors (Lipinski definition) is 0. The maximum absolute atomic E-state index is 10.8. The van der Waals surface area contributed by atoms with Crippen molar-refractivity contribution in [3.63, 3.8) is 0 Å². The summed E-state index contributed by atoms with van der Waals surface area (Å²) >= 11 is 0.